The van der Waals surface area contributed by atoms with Crippen molar-refractivity contribution in [2.24, 2.45) is 0 Å². The molecule has 8 heteroatoms. The molecular formula is C20H17FN4O3. The van der Waals surface area contributed by atoms with E-state index in [9.17, 15) is 19.1 Å². The van der Waals surface area contributed by atoms with E-state index in [1.807, 2.05) is 0 Å². The molecule has 1 heterocycles. The lowest BCUT2D eigenvalue weighted by Crippen LogP contribution is -2.42. The average Bonchev–Trinajstić information content (AvgIpc) is 3.30. The van der Waals surface area contributed by atoms with E-state index in [1.165, 1.54) is 24.3 Å². The van der Waals surface area contributed by atoms with Crippen LogP contribution in [0.25, 0.3) is 5.69 Å². The lowest BCUT2D eigenvalue weighted by molar-refractivity contribution is 0.0841. The maximum atomic E-state index is 13.2. The molecule has 0 bridgehead atoms. The molecule has 0 fully saturated rings. The normalized spacial score (nSPS) is 12.5. The summed E-state index contributed by atoms with van der Waals surface area (Å²) in [5.74, 6) is -1.73. The van der Waals surface area contributed by atoms with E-state index in [4.69, 9.17) is 0 Å². The van der Waals surface area contributed by atoms with Crippen molar-refractivity contribution >= 4 is 11.8 Å². The zero-order valence-electron chi connectivity index (χ0n) is 14.8. The molecule has 2 amide bonds. The van der Waals surface area contributed by atoms with Gasteiger partial charge in [-0.3, -0.25) is 20.4 Å². The fraction of sp³-hybridized carbons (Fsp3) is 0.150. The van der Waals surface area contributed by atoms with Crippen LogP contribution in [0.15, 0.2) is 48.5 Å². The molecule has 0 unspecified atom stereocenters. The second kappa shape index (κ2) is 7.15. The Morgan fingerprint density at radius 3 is 2.46 bits per heavy atom. The Morgan fingerprint density at radius 1 is 1.00 bits per heavy atom. The van der Waals surface area contributed by atoms with Crippen molar-refractivity contribution in [3.05, 3.63) is 76.9 Å². The number of hydrazine groups is 1. The molecule has 0 saturated heterocycles. The minimum atomic E-state index is -0.638. The SMILES string of the molecule is O=C(NNC(=O)c1nn(-c2ccc(F)cc2)c2c1CCC2)c1ccccc1O. The summed E-state index contributed by atoms with van der Waals surface area (Å²) in [5, 5.41) is 14.1. The molecule has 1 aliphatic carbocycles. The number of amides is 2. The number of fused-ring (bicyclic) bond motifs is 1. The summed E-state index contributed by atoms with van der Waals surface area (Å²) in [6.07, 6.45) is 2.35. The zero-order valence-corrected chi connectivity index (χ0v) is 14.8. The third-order valence-corrected chi connectivity index (χ3v) is 4.65. The van der Waals surface area contributed by atoms with Crippen LogP contribution in [0.4, 0.5) is 4.39 Å². The third-order valence-electron chi connectivity index (χ3n) is 4.65. The van der Waals surface area contributed by atoms with E-state index in [-0.39, 0.29) is 22.8 Å². The van der Waals surface area contributed by atoms with Crippen LogP contribution >= 0.6 is 0 Å². The molecule has 0 saturated carbocycles. The topological polar surface area (TPSA) is 96.3 Å². The first-order valence-corrected chi connectivity index (χ1v) is 8.80. The number of hydrogen-bond donors (Lipinski definition) is 3. The Balaban J connectivity index is 1.55. The number of rotatable bonds is 3. The van der Waals surface area contributed by atoms with Crippen LogP contribution in [0.3, 0.4) is 0 Å². The Kier molecular flexibility index (Phi) is 4.52. The number of hydrogen-bond acceptors (Lipinski definition) is 4. The van der Waals surface area contributed by atoms with E-state index in [0.717, 1.165) is 24.1 Å². The predicted molar refractivity (Wildman–Crippen MR) is 98.6 cm³/mol. The molecule has 2 aromatic carbocycles. The zero-order chi connectivity index (χ0) is 19.7. The summed E-state index contributed by atoms with van der Waals surface area (Å²) in [7, 11) is 0. The first-order chi connectivity index (χ1) is 13.5. The van der Waals surface area contributed by atoms with Crippen molar-refractivity contribution in [3.8, 4) is 11.4 Å². The van der Waals surface area contributed by atoms with Crippen LogP contribution in [0.1, 0.15) is 38.5 Å². The Hall–Kier alpha value is -3.68. The van der Waals surface area contributed by atoms with E-state index in [2.05, 4.69) is 16.0 Å². The molecule has 0 aliphatic heterocycles. The van der Waals surface area contributed by atoms with Crippen LogP contribution < -0.4 is 10.9 Å². The molecule has 1 aromatic heterocycles. The van der Waals surface area contributed by atoms with Gasteiger partial charge in [-0.25, -0.2) is 9.07 Å². The number of phenols is 1. The van der Waals surface area contributed by atoms with Gasteiger partial charge >= 0.3 is 0 Å². The van der Waals surface area contributed by atoms with Gasteiger partial charge in [-0.05, 0) is 55.7 Å². The highest BCUT2D eigenvalue weighted by Gasteiger charge is 2.27. The largest absolute Gasteiger partial charge is 0.507 e. The van der Waals surface area contributed by atoms with Crippen molar-refractivity contribution < 1.29 is 19.1 Å². The number of carbonyl (C=O) groups is 2. The standard InChI is InChI=1S/C20H17FN4O3/c21-12-8-10-13(11-9-12)25-16-6-3-5-14(16)18(24-25)20(28)23-22-19(27)15-4-1-2-7-17(15)26/h1-2,4,7-11,26H,3,5-6H2,(H,22,27)(H,23,28). The van der Waals surface area contributed by atoms with Crippen molar-refractivity contribution in [3.63, 3.8) is 0 Å². The molecule has 0 spiro atoms. The number of benzene rings is 2. The quantitative estimate of drug-likeness (QED) is 0.608. The lowest BCUT2D eigenvalue weighted by atomic mass is 10.2. The van der Waals surface area contributed by atoms with Crippen LogP contribution in [0.5, 0.6) is 5.75 Å². The molecule has 28 heavy (non-hydrogen) atoms. The van der Waals surface area contributed by atoms with Gasteiger partial charge in [0, 0.05) is 11.3 Å². The van der Waals surface area contributed by atoms with Crippen molar-refractivity contribution in [2.75, 3.05) is 0 Å². The minimum Gasteiger partial charge on any atom is -0.507 e. The van der Waals surface area contributed by atoms with Gasteiger partial charge in [-0.2, -0.15) is 5.10 Å². The van der Waals surface area contributed by atoms with Gasteiger partial charge in [0.2, 0.25) is 0 Å². The monoisotopic (exact) mass is 380 g/mol. The van der Waals surface area contributed by atoms with Crippen molar-refractivity contribution in [1.82, 2.24) is 20.6 Å². The molecule has 0 radical (unpaired) electrons. The predicted octanol–water partition coefficient (Wildman–Crippen LogP) is 2.28. The second-order valence-corrected chi connectivity index (χ2v) is 6.44. The van der Waals surface area contributed by atoms with Crippen LogP contribution in [0, 0.1) is 5.82 Å². The number of phenolic OH excluding ortho intramolecular Hbond substituents is 1. The fourth-order valence-corrected chi connectivity index (χ4v) is 3.32. The Bertz CT molecular complexity index is 1060. The number of carbonyl (C=O) groups excluding carboxylic acids is 2. The van der Waals surface area contributed by atoms with Gasteiger partial charge in [0.1, 0.15) is 11.6 Å². The molecule has 1 aliphatic rings. The smallest absolute Gasteiger partial charge is 0.290 e. The average molecular weight is 380 g/mol. The summed E-state index contributed by atoms with van der Waals surface area (Å²) < 4.78 is 14.8. The van der Waals surface area contributed by atoms with Gasteiger partial charge in [0.25, 0.3) is 11.8 Å². The first-order valence-electron chi connectivity index (χ1n) is 8.80. The summed E-state index contributed by atoms with van der Waals surface area (Å²) in [6.45, 7) is 0. The number of nitrogens with zero attached hydrogens (tertiary/aromatic N) is 2. The number of nitrogens with one attached hydrogen (secondary N) is 2. The highest BCUT2D eigenvalue weighted by Crippen LogP contribution is 2.27. The van der Waals surface area contributed by atoms with Crippen LogP contribution in [-0.4, -0.2) is 26.7 Å². The molecule has 142 valence electrons. The third kappa shape index (κ3) is 3.20. The van der Waals surface area contributed by atoms with Crippen LogP contribution in [0.2, 0.25) is 0 Å². The summed E-state index contributed by atoms with van der Waals surface area (Å²) in [6, 6.07) is 11.9. The molecular weight excluding hydrogens is 363 g/mol. The maximum Gasteiger partial charge on any atom is 0.290 e. The summed E-state index contributed by atoms with van der Waals surface area (Å²) in [4.78, 5) is 24.7. The highest BCUT2D eigenvalue weighted by atomic mass is 19.1. The number of para-hydroxylation sites is 1. The number of aromatic nitrogens is 2. The van der Waals surface area contributed by atoms with E-state index in [0.29, 0.717) is 12.1 Å². The second-order valence-electron chi connectivity index (χ2n) is 6.44. The Labute approximate surface area is 159 Å². The summed E-state index contributed by atoms with van der Waals surface area (Å²) in [5.41, 5.74) is 7.28. The van der Waals surface area contributed by atoms with Crippen molar-refractivity contribution in [2.45, 2.75) is 19.3 Å². The fourth-order valence-electron chi connectivity index (χ4n) is 3.32. The van der Waals surface area contributed by atoms with Gasteiger partial charge in [0.15, 0.2) is 5.69 Å². The van der Waals surface area contributed by atoms with Gasteiger partial charge in [-0.15, -0.1) is 0 Å². The summed E-state index contributed by atoms with van der Waals surface area (Å²) >= 11 is 0. The Morgan fingerprint density at radius 2 is 1.71 bits per heavy atom. The molecule has 3 N–H and O–H groups in total. The van der Waals surface area contributed by atoms with Gasteiger partial charge in [-0.1, -0.05) is 12.1 Å². The molecule has 3 aromatic rings. The molecule has 4 rings (SSSR count). The molecule has 7 nitrogen and oxygen atoms in total. The number of aromatic hydroxyl groups is 1. The van der Waals surface area contributed by atoms with Crippen molar-refractivity contribution in [1.29, 1.82) is 0 Å². The highest BCUT2D eigenvalue weighted by molar-refractivity contribution is 6.00. The molecule has 0 atom stereocenters. The lowest BCUT2D eigenvalue weighted by Gasteiger charge is -2.08. The maximum absolute atomic E-state index is 13.2. The van der Waals surface area contributed by atoms with Crippen LogP contribution in [-0.2, 0) is 12.8 Å². The van der Waals surface area contributed by atoms with E-state index >= 15 is 0 Å². The minimum absolute atomic E-state index is 0.0462. The number of halogens is 1. The van der Waals surface area contributed by atoms with E-state index < -0.39 is 11.8 Å². The van der Waals surface area contributed by atoms with Gasteiger partial charge in [0.05, 0.1) is 11.3 Å². The van der Waals surface area contributed by atoms with E-state index in [1.54, 1.807) is 28.9 Å². The van der Waals surface area contributed by atoms with Gasteiger partial charge < -0.3 is 5.11 Å². The first kappa shape index (κ1) is 17.7.